The summed E-state index contributed by atoms with van der Waals surface area (Å²) in [6, 6.07) is 1.62. The molecule has 1 aromatic rings. The highest BCUT2D eigenvalue weighted by atomic mass is 16.4. The molecule has 1 rings (SSSR count). The van der Waals surface area contributed by atoms with Gasteiger partial charge in [0.05, 0.1) is 24.4 Å². The van der Waals surface area contributed by atoms with Crippen LogP contribution < -0.4 is 5.32 Å². The Hall–Kier alpha value is -2.05. The Bertz CT molecular complexity index is 476. The van der Waals surface area contributed by atoms with Crippen LogP contribution in [0, 0.1) is 0 Å². The van der Waals surface area contributed by atoms with Crippen molar-refractivity contribution in [3.8, 4) is 0 Å². The molecule has 0 radical (unpaired) electrons. The van der Waals surface area contributed by atoms with Crippen molar-refractivity contribution >= 4 is 12.0 Å². The Labute approximate surface area is 118 Å². The SMILES string of the molecule is CN(Cc1cc(C(C)(C)C)n[nH]1)C(=O)NCCC(=O)O. The van der Waals surface area contributed by atoms with Crippen molar-refractivity contribution < 1.29 is 14.7 Å². The fourth-order valence-electron chi connectivity index (χ4n) is 1.57. The van der Waals surface area contributed by atoms with Crippen molar-refractivity contribution in [2.45, 2.75) is 39.2 Å². The van der Waals surface area contributed by atoms with E-state index in [-0.39, 0.29) is 24.4 Å². The van der Waals surface area contributed by atoms with Crippen LogP contribution in [-0.2, 0) is 16.8 Å². The summed E-state index contributed by atoms with van der Waals surface area (Å²) >= 11 is 0. The molecule has 0 spiro atoms. The van der Waals surface area contributed by atoms with Gasteiger partial charge in [-0.1, -0.05) is 20.8 Å². The molecular weight excluding hydrogens is 260 g/mol. The third-order valence-corrected chi connectivity index (χ3v) is 2.77. The van der Waals surface area contributed by atoms with Gasteiger partial charge in [0.2, 0.25) is 0 Å². The number of nitrogens with zero attached hydrogens (tertiary/aromatic N) is 2. The molecule has 1 heterocycles. The summed E-state index contributed by atoms with van der Waals surface area (Å²) in [6.07, 6.45) is -0.0855. The maximum Gasteiger partial charge on any atom is 0.317 e. The number of hydrogen-bond acceptors (Lipinski definition) is 3. The molecule has 0 bridgehead atoms. The van der Waals surface area contributed by atoms with Gasteiger partial charge in [-0.15, -0.1) is 0 Å². The smallest absolute Gasteiger partial charge is 0.317 e. The minimum Gasteiger partial charge on any atom is -0.481 e. The Morgan fingerprint density at radius 1 is 1.45 bits per heavy atom. The van der Waals surface area contributed by atoms with Gasteiger partial charge < -0.3 is 15.3 Å². The highest BCUT2D eigenvalue weighted by Gasteiger charge is 2.18. The first-order valence-electron chi connectivity index (χ1n) is 6.45. The number of carboxylic acids is 1. The van der Waals surface area contributed by atoms with Gasteiger partial charge in [-0.25, -0.2) is 4.79 Å². The predicted octanol–water partition coefficient (Wildman–Crippen LogP) is 1.32. The van der Waals surface area contributed by atoms with Gasteiger partial charge in [0.25, 0.3) is 0 Å². The third-order valence-electron chi connectivity index (χ3n) is 2.77. The lowest BCUT2D eigenvalue weighted by Crippen LogP contribution is -2.37. The number of aromatic nitrogens is 2. The number of hydrogen-bond donors (Lipinski definition) is 3. The molecule has 3 N–H and O–H groups in total. The van der Waals surface area contributed by atoms with Crippen molar-refractivity contribution in [1.29, 1.82) is 0 Å². The highest BCUT2D eigenvalue weighted by Crippen LogP contribution is 2.20. The number of carboxylic acid groups (broad SMARTS) is 1. The van der Waals surface area contributed by atoms with E-state index >= 15 is 0 Å². The normalized spacial score (nSPS) is 11.2. The van der Waals surface area contributed by atoms with Crippen LogP contribution in [0.25, 0.3) is 0 Å². The van der Waals surface area contributed by atoms with Crippen molar-refractivity contribution in [2.75, 3.05) is 13.6 Å². The molecule has 0 aliphatic heterocycles. The molecule has 0 unspecified atom stereocenters. The van der Waals surface area contributed by atoms with Crippen LogP contribution in [0.5, 0.6) is 0 Å². The second kappa shape index (κ2) is 6.40. The number of carbonyl (C=O) groups excluding carboxylic acids is 1. The fraction of sp³-hybridized carbons (Fsp3) is 0.615. The first-order valence-corrected chi connectivity index (χ1v) is 6.45. The summed E-state index contributed by atoms with van der Waals surface area (Å²) in [5.41, 5.74) is 1.73. The van der Waals surface area contributed by atoms with E-state index in [1.807, 2.05) is 6.07 Å². The van der Waals surface area contributed by atoms with Gasteiger partial charge in [0.1, 0.15) is 0 Å². The van der Waals surface area contributed by atoms with Crippen molar-refractivity contribution in [1.82, 2.24) is 20.4 Å². The fourth-order valence-corrected chi connectivity index (χ4v) is 1.57. The monoisotopic (exact) mass is 282 g/mol. The summed E-state index contributed by atoms with van der Waals surface area (Å²) in [5, 5.41) is 18.2. The summed E-state index contributed by atoms with van der Waals surface area (Å²) in [5.74, 6) is -0.934. The molecule has 1 aromatic heterocycles. The van der Waals surface area contributed by atoms with Crippen LogP contribution in [0.4, 0.5) is 4.79 Å². The molecule has 0 saturated carbocycles. The maximum atomic E-state index is 11.7. The second-order valence-corrected chi connectivity index (χ2v) is 5.76. The molecular formula is C13H22N4O3. The average Bonchev–Trinajstić information content (AvgIpc) is 2.76. The lowest BCUT2D eigenvalue weighted by molar-refractivity contribution is -0.136. The first kappa shape index (κ1) is 16.0. The molecule has 2 amide bonds. The summed E-state index contributed by atoms with van der Waals surface area (Å²) < 4.78 is 0. The van der Waals surface area contributed by atoms with Gasteiger partial charge in [0, 0.05) is 19.0 Å². The first-order chi connectivity index (χ1) is 9.20. The minimum absolute atomic E-state index is 0.0446. The minimum atomic E-state index is -0.934. The summed E-state index contributed by atoms with van der Waals surface area (Å²) in [6.45, 7) is 6.70. The van der Waals surface area contributed by atoms with E-state index in [1.165, 1.54) is 4.90 Å². The number of amides is 2. The number of aliphatic carboxylic acids is 1. The van der Waals surface area contributed by atoms with Gasteiger partial charge in [-0.05, 0) is 6.07 Å². The molecule has 7 heteroatoms. The van der Waals surface area contributed by atoms with Crippen LogP contribution in [0.15, 0.2) is 6.07 Å². The zero-order chi connectivity index (χ0) is 15.3. The van der Waals surface area contributed by atoms with E-state index in [9.17, 15) is 9.59 Å². The zero-order valence-electron chi connectivity index (χ0n) is 12.4. The van der Waals surface area contributed by atoms with Crippen LogP contribution in [0.3, 0.4) is 0 Å². The number of carbonyl (C=O) groups is 2. The highest BCUT2D eigenvalue weighted by molar-refractivity contribution is 5.74. The Morgan fingerprint density at radius 2 is 2.10 bits per heavy atom. The molecule has 20 heavy (non-hydrogen) atoms. The van der Waals surface area contributed by atoms with Gasteiger partial charge in [-0.3, -0.25) is 9.89 Å². The molecule has 0 aliphatic rings. The molecule has 7 nitrogen and oxygen atoms in total. The van der Waals surface area contributed by atoms with Crippen LogP contribution in [-0.4, -0.2) is 45.8 Å². The number of H-pyrrole nitrogens is 1. The molecule has 0 aliphatic carbocycles. The van der Waals surface area contributed by atoms with Gasteiger partial charge in [0.15, 0.2) is 0 Å². The van der Waals surface area contributed by atoms with Crippen molar-refractivity contribution in [3.63, 3.8) is 0 Å². The Balaban J connectivity index is 2.49. The van der Waals surface area contributed by atoms with E-state index < -0.39 is 5.97 Å². The quantitative estimate of drug-likeness (QED) is 0.758. The summed E-state index contributed by atoms with van der Waals surface area (Å²) in [4.78, 5) is 23.6. The van der Waals surface area contributed by atoms with E-state index in [0.717, 1.165) is 11.4 Å². The molecule has 112 valence electrons. The van der Waals surface area contributed by atoms with Crippen molar-refractivity contribution in [3.05, 3.63) is 17.5 Å². The average molecular weight is 282 g/mol. The standard InChI is InChI=1S/C13H22N4O3/c1-13(2,3)10-7-9(15-16-10)8-17(4)12(20)14-6-5-11(18)19/h7H,5-6,8H2,1-4H3,(H,14,20)(H,15,16)(H,18,19). The predicted molar refractivity (Wildman–Crippen MR) is 74.4 cm³/mol. The molecule has 0 fully saturated rings. The number of urea groups is 1. The number of rotatable bonds is 5. The maximum absolute atomic E-state index is 11.7. The van der Waals surface area contributed by atoms with Crippen LogP contribution >= 0.6 is 0 Å². The van der Waals surface area contributed by atoms with E-state index in [4.69, 9.17) is 5.11 Å². The molecule has 0 atom stereocenters. The van der Waals surface area contributed by atoms with Crippen molar-refractivity contribution in [2.24, 2.45) is 0 Å². The lowest BCUT2D eigenvalue weighted by Gasteiger charge is -2.17. The summed E-state index contributed by atoms with van der Waals surface area (Å²) in [7, 11) is 1.65. The molecule has 0 saturated heterocycles. The van der Waals surface area contributed by atoms with E-state index in [0.29, 0.717) is 6.54 Å². The number of aromatic amines is 1. The van der Waals surface area contributed by atoms with Crippen LogP contribution in [0.2, 0.25) is 0 Å². The van der Waals surface area contributed by atoms with Gasteiger partial charge >= 0.3 is 12.0 Å². The molecule has 0 aromatic carbocycles. The van der Waals surface area contributed by atoms with E-state index in [1.54, 1.807) is 7.05 Å². The lowest BCUT2D eigenvalue weighted by atomic mass is 9.92. The number of nitrogens with one attached hydrogen (secondary N) is 2. The Kier molecular flexibility index (Phi) is 5.12. The van der Waals surface area contributed by atoms with Gasteiger partial charge in [-0.2, -0.15) is 5.10 Å². The largest absolute Gasteiger partial charge is 0.481 e. The van der Waals surface area contributed by atoms with Crippen LogP contribution in [0.1, 0.15) is 38.6 Å². The second-order valence-electron chi connectivity index (χ2n) is 5.76. The zero-order valence-corrected chi connectivity index (χ0v) is 12.4. The van der Waals surface area contributed by atoms with E-state index in [2.05, 4.69) is 36.3 Å². The third kappa shape index (κ3) is 4.91. The topological polar surface area (TPSA) is 98.3 Å². The Morgan fingerprint density at radius 3 is 2.60 bits per heavy atom.